The molecule has 5 N–H and O–H groups in total. The van der Waals surface area contributed by atoms with Crippen molar-refractivity contribution in [1.82, 2.24) is 15.2 Å². The van der Waals surface area contributed by atoms with Gasteiger partial charge in [-0.2, -0.15) is 0 Å². The lowest BCUT2D eigenvalue weighted by molar-refractivity contribution is 0.0262. The Bertz CT molecular complexity index is 2500. The molecule has 3 saturated heterocycles. The van der Waals surface area contributed by atoms with Crippen molar-refractivity contribution in [2.75, 3.05) is 61.6 Å². The summed E-state index contributed by atoms with van der Waals surface area (Å²) in [5.41, 5.74) is 8.58. The molecule has 14 nitrogen and oxygen atoms in total. The van der Waals surface area contributed by atoms with Gasteiger partial charge in [0.25, 0.3) is 5.91 Å². The van der Waals surface area contributed by atoms with Gasteiger partial charge in [0, 0.05) is 41.3 Å². The van der Waals surface area contributed by atoms with Gasteiger partial charge in [0.1, 0.15) is 23.1 Å². The van der Waals surface area contributed by atoms with Gasteiger partial charge < -0.3 is 35.5 Å². The zero-order chi connectivity index (χ0) is 42.1. The van der Waals surface area contributed by atoms with Crippen molar-refractivity contribution in [3.8, 4) is 23.0 Å². The van der Waals surface area contributed by atoms with Gasteiger partial charge in [-0.25, -0.2) is 18.2 Å². The number of hydrogen-bond donors (Lipinski definition) is 4. The molecule has 3 aliphatic rings. The Balaban J connectivity index is 1.14. The number of anilines is 5. The van der Waals surface area contributed by atoms with Gasteiger partial charge in [-0.1, -0.05) is 45.0 Å². The summed E-state index contributed by atoms with van der Waals surface area (Å²) >= 11 is 0. The Hall–Kier alpha value is -6.06. The minimum absolute atomic E-state index is 0.124. The number of nitrogens with zero attached hydrogens (tertiary/aromatic N) is 3. The van der Waals surface area contributed by atoms with E-state index in [4.69, 9.17) is 19.9 Å². The van der Waals surface area contributed by atoms with E-state index in [1.807, 2.05) is 51.1 Å². The van der Waals surface area contributed by atoms with Crippen molar-refractivity contribution in [3.05, 3.63) is 96.2 Å². The number of benzene rings is 4. The fourth-order valence-corrected chi connectivity index (χ4v) is 8.46. The number of carbonyl (C=O) groups excluding carboxylic acids is 2. The van der Waals surface area contributed by atoms with Crippen LogP contribution in [0.25, 0.3) is 10.8 Å². The van der Waals surface area contributed by atoms with Crippen LogP contribution in [-0.4, -0.2) is 76.9 Å². The molecule has 3 aliphatic heterocycles. The number of ether oxygens (including phenoxy) is 3. The van der Waals surface area contributed by atoms with Crippen LogP contribution in [0.4, 0.5) is 33.4 Å². The number of methoxy groups -OCH3 is 2. The summed E-state index contributed by atoms with van der Waals surface area (Å²) < 4.78 is 45.2. The molecular weight excluding hydrogens is 771 g/mol. The van der Waals surface area contributed by atoms with Crippen molar-refractivity contribution in [2.45, 2.75) is 45.4 Å². The molecule has 310 valence electrons. The number of piperidine rings is 3. The molecule has 2 bridgehead atoms. The van der Waals surface area contributed by atoms with E-state index < -0.39 is 21.5 Å². The minimum Gasteiger partial charge on any atom is -0.496 e. The van der Waals surface area contributed by atoms with Crippen LogP contribution < -0.4 is 40.2 Å². The predicted molar refractivity (Wildman–Crippen MR) is 231 cm³/mol. The zero-order valence-corrected chi connectivity index (χ0v) is 35.0. The lowest BCUT2D eigenvalue weighted by atomic mass is 9.72. The Kier molecular flexibility index (Phi) is 11.4. The molecule has 3 fully saturated rings. The summed E-state index contributed by atoms with van der Waals surface area (Å²) in [6.07, 6.45) is 5.99. The van der Waals surface area contributed by atoms with Gasteiger partial charge in [-0.15, -0.1) is 0 Å². The Morgan fingerprint density at radius 1 is 0.881 bits per heavy atom. The molecule has 8 rings (SSSR count). The molecule has 4 aromatic carbocycles. The van der Waals surface area contributed by atoms with Crippen LogP contribution in [0.5, 0.6) is 23.0 Å². The van der Waals surface area contributed by atoms with Gasteiger partial charge >= 0.3 is 6.03 Å². The van der Waals surface area contributed by atoms with Crippen LogP contribution >= 0.6 is 0 Å². The lowest BCUT2D eigenvalue weighted by Crippen LogP contribution is -2.52. The van der Waals surface area contributed by atoms with E-state index in [1.54, 1.807) is 61.8 Å². The number of hydrogen-bond acceptors (Lipinski definition) is 10. The standard InChI is InChI=1S/C44H51N7O7S/c1-43(2,3)28-23-34(49-59(6,54)55)40(57-5)36(24-28)51(42(45)53)35-13-14-37(32-10-8-7-9-31(32)35)58-30-15-19-46-39(26-30)48-29-11-12-33(38(25-29)56-4)41(52)47-27-44-16-20-50(21-17-44)22-18-44/h7-15,19,23-26,49H,16-18,20-22,27H2,1-6H3,(H2,45,53)(H,46,48)(H,47,52). The molecule has 15 heteroatoms. The Morgan fingerprint density at radius 2 is 1.59 bits per heavy atom. The first-order valence-corrected chi connectivity index (χ1v) is 21.4. The predicted octanol–water partition coefficient (Wildman–Crippen LogP) is 7.89. The summed E-state index contributed by atoms with van der Waals surface area (Å²) in [5.74, 6) is 1.88. The first-order chi connectivity index (χ1) is 28.1. The second-order valence-corrected chi connectivity index (χ2v) is 18.0. The molecule has 4 heterocycles. The quantitative estimate of drug-likeness (QED) is 0.0914. The second kappa shape index (κ2) is 16.3. The van der Waals surface area contributed by atoms with Gasteiger partial charge in [-0.05, 0) is 97.8 Å². The number of carbonyl (C=O) groups is 2. The third-order valence-corrected chi connectivity index (χ3v) is 11.8. The number of primary amides is 1. The summed E-state index contributed by atoms with van der Waals surface area (Å²) in [7, 11) is -0.769. The highest BCUT2D eigenvalue weighted by Gasteiger charge is 2.39. The monoisotopic (exact) mass is 821 g/mol. The molecule has 0 atom stereocenters. The number of fused-ring (bicyclic) bond motifs is 4. The first kappa shape index (κ1) is 41.1. The normalized spacial score (nSPS) is 17.6. The van der Waals surface area contributed by atoms with Gasteiger partial charge in [0.05, 0.1) is 43.1 Å². The maximum Gasteiger partial charge on any atom is 0.324 e. The van der Waals surface area contributed by atoms with E-state index >= 15 is 0 Å². The number of sulfonamides is 1. The number of aromatic nitrogens is 1. The van der Waals surface area contributed by atoms with E-state index in [0.717, 1.165) is 50.7 Å². The van der Waals surface area contributed by atoms with Crippen LogP contribution in [0.1, 0.15) is 56.0 Å². The lowest BCUT2D eigenvalue weighted by Gasteiger charge is -2.48. The SMILES string of the molecule is COc1cc(Nc2cc(Oc3ccc(N(C(N)=O)c4cc(C(C)(C)C)cc(NS(C)(=O)=O)c4OC)c4ccccc34)ccn2)ccc1C(=O)NCC12CCN(CC1)CC2. The Labute approximate surface area is 345 Å². The highest BCUT2D eigenvalue weighted by molar-refractivity contribution is 7.92. The second-order valence-electron chi connectivity index (χ2n) is 16.3. The zero-order valence-electron chi connectivity index (χ0n) is 34.2. The fraction of sp³-hybridized carbons (Fsp3) is 0.341. The highest BCUT2D eigenvalue weighted by Crippen LogP contribution is 2.46. The Morgan fingerprint density at radius 3 is 2.24 bits per heavy atom. The molecule has 59 heavy (non-hydrogen) atoms. The van der Waals surface area contributed by atoms with Crippen LogP contribution in [0.3, 0.4) is 0 Å². The molecular formula is C44H51N7O7S. The molecule has 0 saturated carbocycles. The number of nitrogens with two attached hydrogens (primary N) is 1. The summed E-state index contributed by atoms with van der Waals surface area (Å²) in [5, 5.41) is 7.78. The number of rotatable bonds is 13. The molecule has 0 spiro atoms. The van der Waals surface area contributed by atoms with Crippen molar-refractivity contribution >= 4 is 61.3 Å². The van der Waals surface area contributed by atoms with Gasteiger partial charge in [0.2, 0.25) is 10.0 Å². The van der Waals surface area contributed by atoms with Crippen LogP contribution in [-0.2, 0) is 15.4 Å². The first-order valence-electron chi connectivity index (χ1n) is 19.5. The van der Waals surface area contributed by atoms with E-state index in [9.17, 15) is 18.0 Å². The van der Waals surface area contributed by atoms with Gasteiger partial charge in [-0.3, -0.25) is 14.4 Å². The van der Waals surface area contributed by atoms with Crippen LogP contribution in [0.15, 0.2) is 85.1 Å². The molecule has 3 amide bonds. The largest absolute Gasteiger partial charge is 0.496 e. The van der Waals surface area contributed by atoms with E-state index in [2.05, 4.69) is 25.2 Å². The average molecular weight is 822 g/mol. The number of urea groups is 1. The number of nitrogens with one attached hydrogen (secondary N) is 3. The van der Waals surface area contributed by atoms with Crippen LogP contribution in [0, 0.1) is 5.41 Å². The molecule has 1 aromatic heterocycles. The fourth-order valence-electron chi connectivity index (χ4n) is 7.91. The van der Waals surface area contributed by atoms with E-state index in [1.165, 1.54) is 12.0 Å². The van der Waals surface area contributed by atoms with Crippen molar-refractivity contribution < 1.29 is 32.2 Å². The van der Waals surface area contributed by atoms with Crippen molar-refractivity contribution in [1.29, 1.82) is 0 Å². The van der Waals surface area contributed by atoms with E-state index in [-0.39, 0.29) is 28.4 Å². The smallest absolute Gasteiger partial charge is 0.324 e. The maximum absolute atomic E-state index is 13.4. The maximum atomic E-state index is 13.4. The summed E-state index contributed by atoms with van der Waals surface area (Å²) in [6, 6.07) is 22.3. The minimum atomic E-state index is -3.72. The van der Waals surface area contributed by atoms with Gasteiger partial charge in [0.15, 0.2) is 5.75 Å². The number of pyridine rings is 1. The number of amides is 3. The topological polar surface area (TPSA) is 177 Å². The van der Waals surface area contributed by atoms with Crippen molar-refractivity contribution in [3.63, 3.8) is 0 Å². The molecule has 5 aromatic rings. The highest BCUT2D eigenvalue weighted by atomic mass is 32.2. The third kappa shape index (κ3) is 9.00. The molecule has 0 aliphatic carbocycles. The summed E-state index contributed by atoms with van der Waals surface area (Å²) in [4.78, 5) is 35.0. The van der Waals surface area contributed by atoms with Crippen LogP contribution in [0.2, 0.25) is 0 Å². The van der Waals surface area contributed by atoms with Crippen molar-refractivity contribution in [2.24, 2.45) is 11.1 Å². The molecule has 0 radical (unpaired) electrons. The average Bonchev–Trinajstić information content (AvgIpc) is 3.20. The van der Waals surface area contributed by atoms with E-state index in [0.29, 0.717) is 57.3 Å². The third-order valence-electron chi connectivity index (χ3n) is 11.2. The molecule has 0 unspecified atom stereocenters. The summed E-state index contributed by atoms with van der Waals surface area (Å²) in [6.45, 7) is 9.88.